The minimum Gasteiger partial charge on any atom is -0.339 e. The van der Waals surface area contributed by atoms with Crippen LogP contribution in [0.5, 0.6) is 0 Å². The quantitative estimate of drug-likeness (QED) is 0.363. The van der Waals surface area contributed by atoms with Gasteiger partial charge < -0.3 is 10.1 Å². The first-order valence-electron chi connectivity index (χ1n) is 5.01. The van der Waals surface area contributed by atoms with Crippen molar-refractivity contribution in [3.05, 3.63) is 0 Å². The number of carbonyl (C=O) groups excluding carboxylic acids is 2. The van der Waals surface area contributed by atoms with E-state index in [2.05, 4.69) is 10.6 Å². The van der Waals surface area contributed by atoms with Gasteiger partial charge in [0.15, 0.2) is 0 Å². The monoisotopic (exact) mass is 200 g/mol. The number of carbonyl (C=O) groups is 2. The summed E-state index contributed by atoms with van der Waals surface area (Å²) in [6.07, 6.45) is 2.32. The third-order valence-corrected chi connectivity index (χ3v) is 1.80. The lowest BCUT2D eigenvalue weighted by atomic mass is 10.2. The average molecular weight is 200 g/mol. The fourth-order valence-corrected chi connectivity index (χ4v) is 1.24. The molecule has 0 bridgehead atoms. The summed E-state index contributed by atoms with van der Waals surface area (Å²) < 4.78 is 0. The smallest absolute Gasteiger partial charge is 0.221 e. The van der Waals surface area contributed by atoms with Crippen LogP contribution in [0.25, 0.3) is 0 Å². The zero-order valence-electron chi connectivity index (χ0n) is 9.22. The van der Waals surface area contributed by atoms with E-state index in [1.54, 1.807) is 0 Å². The van der Waals surface area contributed by atoms with Crippen molar-refractivity contribution in [3.63, 3.8) is 0 Å². The van der Waals surface area contributed by atoms with Gasteiger partial charge in [-0.2, -0.15) is 0 Å². The standard InChI is InChI=1S/C10H20N2O2/c1-4-11-10(2,3)12-9(14)7-5-6-8-13/h8,11H,4-7H2,1-3H3,(H,12,14). The van der Waals surface area contributed by atoms with Gasteiger partial charge in [0.25, 0.3) is 0 Å². The largest absolute Gasteiger partial charge is 0.339 e. The topological polar surface area (TPSA) is 58.2 Å². The van der Waals surface area contributed by atoms with E-state index in [1.165, 1.54) is 0 Å². The van der Waals surface area contributed by atoms with Gasteiger partial charge >= 0.3 is 0 Å². The Labute approximate surface area is 85.4 Å². The molecule has 2 N–H and O–H groups in total. The molecular formula is C10H20N2O2. The number of aldehydes is 1. The highest BCUT2D eigenvalue weighted by Gasteiger charge is 2.17. The molecule has 0 atom stereocenters. The molecule has 0 aliphatic carbocycles. The summed E-state index contributed by atoms with van der Waals surface area (Å²) in [5.41, 5.74) is -0.368. The van der Waals surface area contributed by atoms with Crippen molar-refractivity contribution >= 4 is 12.2 Å². The second-order valence-corrected chi connectivity index (χ2v) is 3.76. The van der Waals surface area contributed by atoms with Crippen molar-refractivity contribution in [2.45, 2.75) is 45.7 Å². The fourth-order valence-electron chi connectivity index (χ4n) is 1.24. The van der Waals surface area contributed by atoms with E-state index in [9.17, 15) is 9.59 Å². The molecule has 14 heavy (non-hydrogen) atoms. The predicted molar refractivity (Wildman–Crippen MR) is 55.8 cm³/mol. The van der Waals surface area contributed by atoms with Crippen molar-refractivity contribution in [1.82, 2.24) is 10.6 Å². The van der Waals surface area contributed by atoms with E-state index in [0.29, 0.717) is 19.3 Å². The number of unbranched alkanes of at least 4 members (excludes halogenated alkanes) is 1. The molecule has 0 aromatic heterocycles. The lowest BCUT2D eigenvalue weighted by molar-refractivity contribution is -0.123. The highest BCUT2D eigenvalue weighted by molar-refractivity contribution is 5.76. The molecule has 0 aliphatic heterocycles. The molecule has 0 saturated heterocycles. The molecule has 0 heterocycles. The molecule has 0 aromatic carbocycles. The molecule has 0 aromatic rings. The Balaban J connectivity index is 3.74. The highest BCUT2D eigenvalue weighted by Crippen LogP contribution is 1.99. The van der Waals surface area contributed by atoms with Crippen LogP contribution in [0.4, 0.5) is 0 Å². The van der Waals surface area contributed by atoms with Crippen molar-refractivity contribution < 1.29 is 9.59 Å². The second kappa shape index (κ2) is 6.54. The lowest BCUT2D eigenvalue weighted by Gasteiger charge is -2.27. The van der Waals surface area contributed by atoms with Crippen LogP contribution in [-0.2, 0) is 9.59 Å². The van der Waals surface area contributed by atoms with Gasteiger partial charge in [0.05, 0.1) is 5.66 Å². The maximum atomic E-state index is 11.3. The molecule has 0 unspecified atom stereocenters. The van der Waals surface area contributed by atoms with Crippen LogP contribution in [0.3, 0.4) is 0 Å². The van der Waals surface area contributed by atoms with Gasteiger partial charge in [-0.3, -0.25) is 10.1 Å². The summed E-state index contributed by atoms with van der Waals surface area (Å²) >= 11 is 0. The first kappa shape index (κ1) is 13.1. The molecule has 1 amide bonds. The Morgan fingerprint density at radius 2 is 2.07 bits per heavy atom. The van der Waals surface area contributed by atoms with E-state index in [0.717, 1.165) is 12.8 Å². The Bertz CT molecular complexity index is 191. The van der Waals surface area contributed by atoms with Gasteiger partial charge in [-0.1, -0.05) is 6.92 Å². The number of nitrogens with one attached hydrogen (secondary N) is 2. The van der Waals surface area contributed by atoms with Crippen molar-refractivity contribution in [2.75, 3.05) is 6.54 Å². The van der Waals surface area contributed by atoms with Gasteiger partial charge in [-0.05, 0) is 26.8 Å². The zero-order valence-corrected chi connectivity index (χ0v) is 9.22. The third kappa shape index (κ3) is 6.60. The average Bonchev–Trinajstić information content (AvgIpc) is 2.03. The molecule has 4 heteroatoms. The van der Waals surface area contributed by atoms with E-state index in [4.69, 9.17) is 0 Å². The maximum absolute atomic E-state index is 11.3. The Kier molecular flexibility index (Phi) is 6.12. The normalized spacial score (nSPS) is 11.1. The second-order valence-electron chi connectivity index (χ2n) is 3.76. The molecule has 0 rings (SSSR count). The zero-order chi connectivity index (χ0) is 11.0. The summed E-state index contributed by atoms with van der Waals surface area (Å²) in [5, 5.41) is 5.99. The van der Waals surface area contributed by atoms with E-state index >= 15 is 0 Å². The number of rotatable bonds is 7. The molecule has 4 nitrogen and oxygen atoms in total. The Hall–Kier alpha value is -0.900. The van der Waals surface area contributed by atoms with Gasteiger partial charge in [-0.15, -0.1) is 0 Å². The minimum atomic E-state index is -0.368. The molecular weight excluding hydrogens is 180 g/mol. The predicted octanol–water partition coefficient (Wildman–Crippen LogP) is 0.817. The molecule has 82 valence electrons. The molecule has 0 spiro atoms. The van der Waals surface area contributed by atoms with Crippen LogP contribution in [0, 0.1) is 0 Å². The van der Waals surface area contributed by atoms with E-state index in [1.807, 2.05) is 20.8 Å². The lowest BCUT2D eigenvalue weighted by Crippen LogP contribution is -2.54. The minimum absolute atomic E-state index is 0.0159. The van der Waals surface area contributed by atoms with E-state index in [-0.39, 0.29) is 11.6 Å². The number of hydrogen-bond acceptors (Lipinski definition) is 3. The SMILES string of the molecule is CCNC(C)(C)NC(=O)CCCC=O. The van der Waals surface area contributed by atoms with Gasteiger partial charge in [0.1, 0.15) is 6.29 Å². The summed E-state index contributed by atoms with van der Waals surface area (Å²) in [6, 6.07) is 0. The molecule has 0 saturated carbocycles. The van der Waals surface area contributed by atoms with Crippen LogP contribution in [-0.4, -0.2) is 24.4 Å². The fraction of sp³-hybridized carbons (Fsp3) is 0.800. The Morgan fingerprint density at radius 3 is 2.57 bits per heavy atom. The van der Waals surface area contributed by atoms with Crippen LogP contribution >= 0.6 is 0 Å². The van der Waals surface area contributed by atoms with Crippen molar-refractivity contribution in [3.8, 4) is 0 Å². The molecule has 0 aliphatic rings. The van der Waals surface area contributed by atoms with Gasteiger partial charge in [-0.25, -0.2) is 0 Å². The third-order valence-electron chi connectivity index (χ3n) is 1.80. The highest BCUT2D eigenvalue weighted by atomic mass is 16.1. The molecule has 0 fully saturated rings. The summed E-state index contributed by atoms with van der Waals surface area (Å²) in [5.74, 6) is -0.0159. The van der Waals surface area contributed by atoms with Crippen LogP contribution < -0.4 is 10.6 Å². The number of hydrogen-bond donors (Lipinski definition) is 2. The van der Waals surface area contributed by atoms with Crippen LogP contribution in [0.15, 0.2) is 0 Å². The first-order chi connectivity index (χ1) is 6.52. The van der Waals surface area contributed by atoms with Crippen LogP contribution in [0.2, 0.25) is 0 Å². The molecule has 0 radical (unpaired) electrons. The first-order valence-corrected chi connectivity index (χ1v) is 5.01. The summed E-state index contributed by atoms with van der Waals surface area (Å²) in [6.45, 7) is 6.62. The van der Waals surface area contributed by atoms with Gasteiger partial charge in [0.2, 0.25) is 5.91 Å². The van der Waals surface area contributed by atoms with Crippen molar-refractivity contribution in [1.29, 1.82) is 0 Å². The Morgan fingerprint density at radius 1 is 1.43 bits per heavy atom. The van der Waals surface area contributed by atoms with E-state index < -0.39 is 0 Å². The van der Waals surface area contributed by atoms with Crippen LogP contribution in [0.1, 0.15) is 40.0 Å². The summed E-state index contributed by atoms with van der Waals surface area (Å²) in [7, 11) is 0. The number of amides is 1. The van der Waals surface area contributed by atoms with Crippen molar-refractivity contribution in [2.24, 2.45) is 0 Å². The summed E-state index contributed by atoms with van der Waals surface area (Å²) in [4.78, 5) is 21.4. The maximum Gasteiger partial charge on any atom is 0.221 e. The van der Waals surface area contributed by atoms with Gasteiger partial charge in [0, 0.05) is 12.8 Å².